The maximum absolute atomic E-state index is 13.9. The summed E-state index contributed by atoms with van der Waals surface area (Å²) in [4.78, 5) is 0. The second kappa shape index (κ2) is 14.7. The van der Waals surface area contributed by atoms with Crippen molar-refractivity contribution in [1.29, 1.82) is 0 Å². The molecule has 3 saturated carbocycles. The van der Waals surface area contributed by atoms with E-state index in [-0.39, 0.29) is 12.2 Å². The molecule has 0 aromatic carbocycles. The molecule has 0 bridgehead atoms. The van der Waals surface area contributed by atoms with Gasteiger partial charge in [-0.1, -0.05) is 44.8 Å². The van der Waals surface area contributed by atoms with Crippen LogP contribution in [0.25, 0.3) is 0 Å². The molecule has 3 aliphatic carbocycles. The van der Waals surface area contributed by atoms with Crippen molar-refractivity contribution in [3.63, 3.8) is 0 Å². The first-order valence-corrected chi connectivity index (χ1v) is 16.1. The van der Waals surface area contributed by atoms with E-state index in [2.05, 4.69) is 19.1 Å². The van der Waals surface area contributed by atoms with Crippen LogP contribution in [-0.2, 0) is 4.74 Å². The van der Waals surface area contributed by atoms with Crippen LogP contribution in [0.1, 0.15) is 122 Å². The van der Waals surface area contributed by atoms with Crippen LogP contribution in [0.5, 0.6) is 0 Å². The molecule has 218 valence electrons. The molecule has 0 N–H and O–H groups in total. The predicted octanol–water partition coefficient (Wildman–Crippen LogP) is 10.8. The largest absolute Gasteiger partial charge is 0.412 e. The van der Waals surface area contributed by atoms with E-state index in [1.165, 1.54) is 83.5 Å². The van der Waals surface area contributed by atoms with Crippen LogP contribution in [0.3, 0.4) is 0 Å². The quantitative estimate of drug-likeness (QED) is 0.161. The minimum atomic E-state index is -4.56. The lowest BCUT2D eigenvalue weighted by molar-refractivity contribution is -0.0832. The van der Waals surface area contributed by atoms with E-state index in [9.17, 15) is 17.6 Å². The Kier molecular flexibility index (Phi) is 11.6. The molecule has 1 saturated heterocycles. The molecule has 0 aromatic rings. The van der Waals surface area contributed by atoms with Crippen LogP contribution in [-0.4, -0.2) is 18.9 Å². The number of ether oxygens (including phenoxy) is 1. The van der Waals surface area contributed by atoms with Crippen LogP contribution < -0.4 is 0 Å². The van der Waals surface area contributed by atoms with Crippen molar-refractivity contribution in [3.05, 3.63) is 24.1 Å². The molecule has 0 amide bonds. The topological polar surface area (TPSA) is 9.23 Å². The van der Waals surface area contributed by atoms with Gasteiger partial charge in [0.1, 0.15) is 5.83 Å². The van der Waals surface area contributed by atoms with E-state index < -0.39 is 17.9 Å². The fourth-order valence-electron chi connectivity index (χ4n) is 8.05. The molecule has 1 nitrogen and oxygen atoms in total. The zero-order valence-corrected chi connectivity index (χ0v) is 23.7. The highest BCUT2D eigenvalue weighted by molar-refractivity contribution is 5.03. The summed E-state index contributed by atoms with van der Waals surface area (Å²) in [6.45, 7) is 3.13. The SMILES string of the molecule is CCCCCC1CCC(C=CC2CCC(C3CCC(C4CCC(C(F)=CC(F)(F)F)CC4)OC3)CC2)CC1. The van der Waals surface area contributed by atoms with Crippen molar-refractivity contribution >= 4 is 0 Å². The molecular weight excluding hydrogens is 488 g/mol. The molecule has 38 heavy (non-hydrogen) atoms. The average Bonchev–Trinajstić information content (AvgIpc) is 2.92. The normalized spacial score (nSPS) is 38.0. The van der Waals surface area contributed by atoms with Gasteiger partial charge in [-0.2, -0.15) is 13.2 Å². The van der Waals surface area contributed by atoms with E-state index >= 15 is 0 Å². The molecule has 0 aromatic heterocycles. The maximum atomic E-state index is 13.9. The van der Waals surface area contributed by atoms with Gasteiger partial charge in [0, 0.05) is 5.92 Å². The molecule has 4 fully saturated rings. The first-order chi connectivity index (χ1) is 18.3. The third-order valence-corrected chi connectivity index (χ3v) is 10.6. The minimum absolute atomic E-state index is 0.148. The third kappa shape index (κ3) is 9.37. The Hall–Kier alpha value is -0.840. The fourth-order valence-corrected chi connectivity index (χ4v) is 8.05. The van der Waals surface area contributed by atoms with Crippen LogP contribution in [0.2, 0.25) is 0 Å². The monoisotopic (exact) mass is 540 g/mol. The van der Waals surface area contributed by atoms with Crippen molar-refractivity contribution < 1.29 is 22.3 Å². The number of hydrogen-bond acceptors (Lipinski definition) is 1. The lowest BCUT2D eigenvalue weighted by Gasteiger charge is -2.41. The Labute approximate surface area is 229 Å². The Morgan fingerprint density at radius 2 is 1.29 bits per heavy atom. The molecule has 4 aliphatic rings. The molecule has 0 spiro atoms. The highest BCUT2D eigenvalue weighted by atomic mass is 19.4. The molecule has 2 atom stereocenters. The third-order valence-electron chi connectivity index (χ3n) is 10.6. The van der Waals surface area contributed by atoms with Gasteiger partial charge < -0.3 is 4.74 Å². The van der Waals surface area contributed by atoms with Gasteiger partial charge in [-0.25, -0.2) is 4.39 Å². The van der Waals surface area contributed by atoms with Crippen molar-refractivity contribution in [2.75, 3.05) is 6.61 Å². The number of alkyl halides is 3. The number of rotatable bonds is 9. The Morgan fingerprint density at radius 3 is 1.84 bits per heavy atom. The number of unbranched alkanes of at least 4 members (excludes halogenated alkanes) is 2. The highest BCUT2D eigenvalue weighted by Gasteiger charge is 2.36. The van der Waals surface area contributed by atoms with Gasteiger partial charge in [-0.15, -0.1) is 0 Å². The van der Waals surface area contributed by atoms with E-state index in [1.54, 1.807) is 0 Å². The molecule has 2 unspecified atom stereocenters. The molecule has 5 heteroatoms. The van der Waals surface area contributed by atoms with Gasteiger partial charge in [0.15, 0.2) is 0 Å². The van der Waals surface area contributed by atoms with Gasteiger partial charge in [0.25, 0.3) is 0 Å². The van der Waals surface area contributed by atoms with Crippen molar-refractivity contribution in [2.45, 2.75) is 135 Å². The van der Waals surface area contributed by atoms with Crippen LogP contribution >= 0.6 is 0 Å². The molecule has 1 aliphatic heterocycles. The van der Waals surface area contributed by atoms with Crippen molar-refractivity contribution in [2.24, 2.45) is 41.4 Å². The van der Waals surface area contributed by atoms with Crippen LogP contribution in [0.15, 0.2) is 24.1 Å². The summed E-state index contributed by atoms with van der Waals surface area (Å²) < 4.78 is 57.7. The van der Waals surface area contributed by atoms with E-state index in [0.29, 0.717) is 24.7 Å². The van der Waals surface area contributed by atoms with Crippen LogP contribution in [0.4, 0.5) is 17.6 Å². The van der Waals surface area contributed by atoms with Crippen molar-refractivity contribution in [1.82, 2.24) is 0 Å². The maximum Gasteiger partial charge on any atom is 0.412 e. The molecule has 0 radical (unpaired) electrons. The Bertz CT molecular complexity index is 727. The smallest absolute Gasteiger partial charge is 0.378 e. The summed E-state index contributed by atoms with van der Waals surface area (Å²) in [5.41, 5.74) is 0. The van der Waals surface area contributed by atoms with Gasteiger partial charge in [-0.3, -0.25) is 0 Å². The van der Waals surface area contributed by atoms with E-state index in [4.69, 9.17) is 4.74 Å². The van der Waals surface area contributed by atoms with Gasteiger partial charge in [0.2, 0.25) is 0 Å². The summed E-state index contributed by atoms with van der Waals surface area (Å²) in [6.07, 6.45) is 22.0. The van der Waals surface area contributed by atoms with Gasteiger partial charge >= 0.3 is 6.18 Å². The van der Waals surface area contributed by atoms with Gasteiger partial charge in [-0.05, 0) is 125 Å². The molecule has 4 rings (SSSR count). The Morgan fingerprint density at radius 1 is 0.711 bits per heavy atom. The lowest BCUT2D eigenvalue weighted by Crippen LogP contribution is -2.37. The highest BCUT2D eigenvalue weighted by Crippen LogP contribution is 2.43. The zero-order chi connectivity index (χ0) is 27.0. The average molecular weight is 541 g/mol. The van der Waals surface area contributed by atoms with Crippen molar-refractivity contribution in [3.8, 4) is 0 Å². The number of allylic oxidation sites excluding steroid dienone is 4. The first-order valence-electron chi connectivity index (χ1n) is 16.1. The summed E-state index contributed by atoms with van der Waals surface area (Å²) in [5, 5.41) is 0. The summed E-state index contributed by atoms with van der Waals surface area (Å²) in [6, 6.07) is 0. The number of hydrogen-bond donors (Lipinski definition) is 0. The second-order valence-electron chi connectivity index (χ2n) is 13.2. The summed E-state index contributed by atoms with van der Waals surface area (Å²) in [7, 11) is 0. The first kappa shape index (κ1) is 30.1. The Balaban J connectivity index is 1.10. The predicted molar refractivity (Wildman–Crippen MR) is 147 cm³/mol. The standard InChI is InChI=1S/C33H52F4O/c1-2-3-4-5-24-6-8-25(9-7-24)10-11-26-12-14-27(15-13-26)30-20-21-32(38-23-30)29-18-16-28(17-19-29)31(34)22-33(35,36)37/h10-11,22,24-30,32H,2-9,12-21,23H2,1H3. The van der Waals surface area contributed by atoms with E-state index in [1.807, 2.05) is 0 Å². The molecule has 1 heterocycles. The summed E-state index contributed by atoms with van der Waals surface area (Å²) >= 11 is 0. The lowest BCUT2D eigenvalue weighted by atomic mass is 9.71. The zero-order valence-electron chi connectivity index (χ0n) is 23.7. The van der Waals surface area contributed by atoms with E-state index in [0.717, 1.165) is 49.5 Å². The van der Waals surface area contributed by atoms with Gasteiger partial charge in [0.05, 0.1) is 18.8 Å². The fraction of sp³-hybridized carbons (Fsp3) is 0.879. The van der Waals surface area contributed by atoms with Crippen LogP contribution in [0, 0.1) is 41.4 Å². The number of halogens is 4. The molecular formula is C33H52F4O. The summed E-state index contributed by atoms with van der Waals surface area (Å²) in [5.74, 6) is 2.80. The second-order valence-corrected chi connectivity index (χ2v) is 13.2. The minimum Gasteiger partial charge on any atom is -0.378 e.